The van der Waals surface area contributed by atoms with Crippen LogP contribution in [0.5, 0.6) is 0 Å². The molecule has 0 saturated heterocycles. The second-order valence-electron chi connectivity index (χ2n) is 6.89. The van der Waals surface area contributed by atoms with Crippen molar-refractivity contribution < 1.29 is 9.53 Å². The highest BCUT2D eigenvalue weighted by molar-refractivity contribution is 6.15. The molecule has 0 unspecified atom stereocenters. The van der Waals surface area contributed by atoms with Crippen LogP contribution in [0.3, 0.4) is 0 Å². The van der Waals surface area contributed by atoms with Gasteiger partial charge in [0.15, 0.2) is 5.84 Å². The second kappa shape index (κ2) is 6.87. The number of primary amides is 1. The van der Waals surface area contributed by atoms with Gasteiger partial charge in [-0.1, -0.05) is 42.5 Å². The first-order valence-electron chi connectivity index (χ1n) is 9.30. The van der Waals surface area contributed by atoms with Crippen LogP contribution in [0.15, 0.2) is 83.1 Å². The van der Waals surface area contributed by atoms with Gasteiger partial charge < -0.3 is 26.1 Å². The van der Waals surface area contributed by atoms with Gasteiger partial charge in [-0.15, -0.1) is 0 Å². The molecule has 7 nitrogen and oxygen atoms in total. The predicted molar refractivity (Wildman–Crippen MR) is 111 cm³/mol. The third-order valence-electron chi connectivity index (χ3n) is 5.06. The number of aromatic nitrogens is 1. The van der Waals surface area contributed by atoms with Crippen molar-refractivity contribution in [3.63, 3.8) is 0 Å². The number of ether oxygens (including phenoxy) is 1. The molecular weight excluding hydrogens is 366 g/mol. The Bertz CT molecular complexity index is 1200. The number of amides is 1. The van der Waals surface area contributed by atoms with E-state index in [1.807, 2.05) is 30.3 Å². The molecule has 2 aliphatic heterocycles. The van der Waals surface area contributed by atoms with Crippen molar-refractivity contribution in [3.8, 4) is 0 Å². The minimum absolute atomic E-state index is 0.459. The maximum absolute atomic E-state index is 11.7. The van der Waals surface area contributed by atoms with Gasteiger partial charge >= 0.3 is 0 Å². The molecule has 0 bridgehead atoms. The summed E-state index contributed by atoms with van der Waals surface area (Å²) < 4.78 is 5.51. The number of nitrogens with two attached hydrogens (primary N) is 1. The van der Waals surface area contributed by atoms with Crippen LogP contribution in [0.1, 0.15) is 21.6 Å². The van der Waals surface area contributed by atoms with Crippen LogP contribution in [-0.2, 0) is 11.3 Å². The van der Waals surface area contributed by atoms with Crippen LogP contribution in [0.4, 0.5) is 0 Å². The van der Waals surface area contributed by atoms with Gasteiger partial charge in [0.25, 0.3) is 0 Å². The quantitative estimate of drug-likeness (QED) is 0.542. The molecule has 0 saturated carbocycles. The molecule has 3 aromatic rings. The van der Waals surface area contributed by atoms with Crippen LogP contribution >= 0.6 is 0 Å². The number of benzene rings is 2. The zero-order valence-electron chi connectivity index (χ0n) is 15.5. The van der Waals surface area contributed by atoms with E-state index in [0.717, 1.165) is 39.1 Å². The smallest absolute Gasteiger partial charge is 0.249 e. The SMILES string of the molecule is NC(=O)c1cccc2c(C3=NC(NCc4ccccc4)=C4COC=C4N3)[nH]cc12. The van der Waals surface area contributed by atoms with Gasteiger partial charge in [-0.25, -0.2) is 4.99 Å². The van der Waals surface area contributed by atoms with Crippen molar-refractivity contribution in [2.45, 2.75) is 6.54 Å². The molecule has 1 aromatic heterocycles. The summed E-state index contributed by atoms with van der Waals surface area (Å²) in [6, 6.07) is 15.6. The minimum Gasteiger partial charge on any atom is -0.494 e. The molecule has 0 spiro atoms. The first-order valence-corrected chi connectivity index (χ1v) is 9.30. The number of fused-ring (bicyclic) bond motifs is 2. The first kappa shape index (κ1) is 17.1. The van der Waals surface area contributed by atoms with Crippen LogP contribution in [0.2, 0.25) is 0 Å². The van der Waals surface area contributed by atoms with E-state index in [1.54, 1.807) is 18.5 Å². The molecule has 0 atom stereocenters. The van der Waals surface area contributed by atoms with Crippen LogP contribution in [0, 0.1) is 0 Å². The van der Waals surface area contributed by atoms with Gasteiger partial charge in [-0.05, 0) is 11.6 Å². The predicted octanol–water partition coefficient (Wildman–Crippen LogP) is 2.49. The topological polar surface area (TPSA) is 105 Å². The van der Waals surface area contributed by atoms with Crippen molar-refractivity contribution in [3.05, 3.63) is 94.9 Å². The molecule has 5 rings (SSSR count). The number of aliphatic imine (C=N–C) groups is 1. The molecule has 0 aliphatic carbocycles. The van der Waals surface area contributed by atoms with E-state index < -0.39 is 5.91 Å². The highest BCUT2D eigenvalue weighted by Crippen LogP contribution is 2.27. The average molecular weight is 385 g/mol. The average Bonchev–Trinajstić information content (AvgIpc) is 3.39. The molecule has 5 N–H and O–H groups in total. The summed E-state index contributed by atoms with van der Waals surface area (Å²) in [5.74, 6) is 0.955. The maximum Gasteiger partial charge on any atom is 0.249 e. The number of hydrogen-bond donors (Lipinski definition) is 4. The lowest BCUT2D eigenvalue weighted by Gasteiger charge is -2.20. The van der Waals surface area contributed by atoms with E-state index in [-0.39, 0.29) is 0 Å². The maximum atomic E-state index is 11.7. The second-order valence-corrected chi connectivity index (χ2v) is 6.89. The lowest BCUT2D eigenvalue weighted by atomic mass is 10.1. The summed E-state index contributed by atoms with van der Waals surface area (Å²) >= 11 is 0. The fourth-order valence-corrected chi connectivity index (χ4v) is 3.61. The van der Waals surface area contributed by atoms with E-state index in [1.165, 1.54) is 0 Å². The van der Waals surface area contributed by atoms with Crippen molar-refractivity contribution in [2.24, 2.45) is 10.7 Å². The Morgan fingerprint density at radius 2 is 2.00 bits per heavy atom. The first-order chi connectivity index (χ1) is 14.2. The van der Waals surface area contributed by atoms with Gasteiger partial charge in [0.05, 0.1) is 17.0 Å². The molecule has 2 aliphatic rings. The molecule has 1 amide bonds. The van der Waals surface area contributed by atoms with E-state index in [2.05, 4.69) is 27.8 Å². The Kier molecular flexibility index (Phi) is 4.05. The van der Waals surface area contributed by atoms with Crippen molar-refractivity contribution in [1.82, 2.24) is 15.6 Å². The molecule has 0 fully saturated rings. The van der Waals surface area contributed by atoms with Gasteiger partial charge in [0, 0.05) is 29.1 Å². The van der Waals surface area contributed by atoms with Crippen molar-refractivity contribution >= 4 is 22.5 Å². The number of amidine groups is 1. The monoisotopic (exact) mass is 385 g/mol. The summed E-state index contributed by atoms with van der Waals surface area (Å²) in [5.41, 5.74) is 9.80. The Morgan fingerprint density at radius 3 is 2.83 bits per heavy atom. The van der Waals surface area contributed by atoms with Gasteiger partial charge in [0.2, 0.25) is 5.91 Å². The van der Waals surface area contributed by atoms with Gasteiger partial charge in [-0.3, -0.25) is 4.79 Å². The summed E-state index contributed by atoms with van der Waals surface area (Å²) in [5, 5.41) is 8.39. The molecular formula is C22H19N5O2. The fraction of sp³-hybridized carbons (Fsp3) is 0.0909. The standard InChI is InChI=1S/C22H19N5O2/c23-20(28)15-8-4-7-14-16(15)10-24-19(14)22-26-18-12-29-11-17(18)21(27-22)25-9-13-5-2-1-3-6-13/h1-8,10,12,24-25H,9,11H2,(H2,23,28)(H,26,27). The summed E-state index contributed by atoms with van der Waals surface area (Å²) in [7, 11) is 0. The number of hydrogen-bond acceptors (Lipinski definition) is 5. The van der Waals surface area contributed by atoms with Crippen molar-refractivity contribution in [2.75, 3.05) is 6.61 Å². The van der Waals surface area contributed by atoms with E-state index >= 15 is 0 Å². The van der Waals surface area contributed by atoms with Crippen molar-refractivity contribution in [1.29, 1.82) is 0 Å². The molecule has 3 heterocycles. The number of nitrogens with zero attached hydrogens (tertiary/aromatic N) is 1. The zero-order valence-corrected chi connectivity index (χ0v) is 15.5. The molecule has 7 heteroatoms. The Morgan fingerprint density at radius 1 is 1.14 bits per heavy atom. The molecule has 0 radical (unpaired) electrons. The number of carbonyl (C=O) groups excluding carboxylic acids is 1. The summed E-state index contributed by atoms with van der Waals surface area (Å²) in [6.45, 7) is 1.12. The molecule has 144 valence electrons. The number of aromatic amines is 1. The molecule has 2 aromatic carbocycles. The minimum atomic E-state index is -0.459. The Hall–Kier alpha value is -4.00. The highest BCUT2D eigenvalue weighted by Gasteiger charge is 2.26. The Labute approximate surface area is 167 Å². The third kappa shape index (κ3) is 3.02. The highest BCUT2D eigenvalue weighted by atomic mass is 16.5. The van der Waals surface area contributed by atoms with E-state index in [4.69, 9.17) is 15.5 Å². The number of nitrogens with one attached hydrogen (secondary N) is 3. The van der Waals surface area contributed by atoms with E-state index in [9.17, 15) is 4.79 Å². The van der Waals surface area contributed by atoms with Crippen LogP contribution in [0.25, 0.3) is 10.8 Å². The van der Waals surface area contributed by atoms with Gasteiger partial charge in [0.1, 0.15) is 18.7 Å². The third-order valence-corrected chi connectivity index (χ3v) is 5.06. The van der Waals surface area contributed by atoms with Crippen LogP contribution < -0.4 is 16.4 Å². The molecule has 29 heavy (non-hydrogen) atoms. The number of H-pyrrole nitrogens is 1. The van der Waals surface area contributed by atoms with Crippen LogP contribution in [-0.4, -0.2) is 23.3 Å². The lowest BCUT2D eigenvalue weighted by Crippen LogP contribution is -2.32. The van der Waals surface area contributed by atoms with Gasteiger partial charge in [-0.2, -0.15) is 0 Å². The van der Waals surface area contributed by atoms with E-state index in [0.29, 0.717) is 24.6 Å². The zero-order chi connectivity index (χ0) is 19.8. The lowest BCUT2D eigenvalue weighted by molar-refractivity contribution is 0.100. The largest absolute Gasteiger partial charge is 0.494 e. The fourth-order valence-electron chi connectivity index (χ4n) is 3.61. The summed E-state index contributed by atoms with van der Waals surface area (Å²) in [6.07, 6.45) is 3.49. The number of carbonyl (C=O) groups is 1. The Balaban J connectivity index is 1.53. The number of rotatable bonds is 5. The normalized spacial score (nSPS) is 15.3. The summed E-state index contributed by atoms with van der Waals surface area (Å²) in [4.78, 5) is 19.8.